The van der Waals surface area contributed by atoms with Crippen LogP contribution in [0.3, 0.4) is 0 Å². The highest BCUT2D eigenvalue weighted by Gasteiger charge is 1.99. The largest absolute Gasteiger partial charge is 0.382 e. The summed E-state index contributed by atoms with van der Waals surface area (Å²) in [7, 11) is 1.95. The van der Waals surface area contributed by atoms with Gasteiger partial charge in [-0.25, -0.2) is 4.98 Å². The Morgan fingerprint density at radius 1 is 1.33 bits per heavy atom. The standard InChI is InChI=1S/C11H14N4/c1-13-5-4-8-2-3-9-10(6-8)14-7-11(12)15-9/h2-3,6-7,13H,4-5H2,1H3,(H2,12,15). The third kappa shape index (κ3) is 2.22. The van der Waals surface area contributed by atoms with Gasteiger partial charge < -0.3 is 11.1 Å². The Labute approximate surface area is 88.5 Å². The van der Waals surface area contributed by atoms with Crippen molar-refractivity contribution < 1.29 is 0 Å². The molecule has 0 aliphatic heterocycles. The fraction of sp³-hybridized carbons (Fsp3) is 0.273. The molecular weight excluding hydrogens is 188 g/mol. The fourth-order valence-corrected chi connectivity index (χ4v) is 1.50. The quantitative estimate of drug-likeness (QED) is 0.778. The van der Waals surface area contributed by atoms with Crippen molar-refractivity contribution in [3.05, 3.63) is 30.0 Å². The average molecular weight is 202 g/mol. The number of nitrogens with one attached hydrogen (secondary N) is 1. The lowest BCUT2D eigenvalue weighted by atomic mass is 10.1. The Morgan fingerprint density at radius 3 is 3.00 bits per heavy atom. The van der Waals surface area contributed by atoms with Gasteiger partial charge in [0, 0.05) is 0 Å². The van der Waals surface area contributed by atoms with Crippen molar-refractivity contribution >= 4 is 16.9 Å². The Kier molecular flexibility index (Phi) is 2.78. The molecule has 2 rings (SSSR count). The van der Waals surface area contributed by atoms with E-state index in [0.29, 0.717) is 5.82 Å². The molecule has 4 nitrogen and oxygen atoms in total. The molecule has 0 radical (unpaired) electrons. The van der Waals surface area contributed by atoms with Crippen molar-refractivity contribution in [1.29, 1.82) is 0 Å². The number of rotatable bonds is 3. The molecule has 0 atom stereocenters. The third-order valence-electron chi connectivity index (χ3n) is 2.29. The van der Waals surface area contributed by atoms with Crippen molar-refractivity contribution in [2.24, 2.45) is 0 Å². The molecule has 0 aliphatic rings. The van der Waals surface area contributed by atoms with Gasteiger partial charge >= 0.3 is 0 Å². The molecule has 78 valence electrons. The summed E-state index contributed by atoms with van der Waals surface area (Å²) in [6, 6.07) is 6.08. The van der Waals surface area contributed by atoms with E-state index in [1.54, 1.807) is 6.20 Å². The van der Waals surface area contributed by atoms with Crippen LogP contribution < -0.4 is 11.1 Å². The Bertz CT molecular complexity index is 467. The van der Waals surface area contributed by atoms with Crippen molar-refractivity contribution in [3.8, 4) is 0 Å². The first-order valence-corrected chi connectivity index (χ1v) is 4.95. The molecule has 2 aromatic rings. The fourth-order valence-electron chi connectivity index (χ4n) is 1.50. The number of anilines is 1. The van der Waals surface area contributed by atoms with Crippen LogP contribution in [0.4, 0.5) is 5.82 Å². The molecule has 1 aromatic carbocycles. The molecular formula is C11H14N4. The molecule has 0 unspecified atom stereocenters. The van der Waals surface area contributed by atoms with Gasteiger partial charge in [-0.1, -0.05) is 6.07 Å². The second-order valence-electron chi connectivity index (χ2n) is 3.47. The molecule has 3 N–H and O–H groups in total. The highest BCUT2D eigenvalue weighted by Crippen LogP contribution is 2.13. The van der Waals surface area contributed by atoms with Crippen LogP contribution in [0.1, 0.15) is 5.56 Å². The van der Waals surface area contributed by atoms with Crippen LogP contribution in [0.2, 0.25) is 0 Å². The zero-order valence-electron chi connectivity index (χ0n) is 8.70. The predicted octanol–water partition coefficient (Wildman–Crippen LogP) is 0.974. The number of hydrogen-bond donors (Lipinski definition) is 2. The summed E-state index contributed by atoms with van der Waals surface area (Å²) < 4.78 is 0. The minimum absolute atomic E-state index is 0.463. The zero-order chi connectivity index (χ0) is 10.7. The first-order chi connectivity index (χ1) is 7.29. The van der Waals surface area contributed by atoms with Crippen LogP contribution in [0.25, 0.3) is 11.0 Å². The minimum atomic E-state index is 0.463. The lowest BCUT2D eigenvalue weighted by molar-refractivity contribution is 0.792. The van der Waals surface area contributed by atoms with Gasteiger partial charge in [0.1, 0.15) is 5.82 Å². The molecule has 0 amide bonds. The van der Waals surface area contributed by atoms with Gasteiger partial charge in [0.05, 0.1) is 17.2 Å². The van der Waals surface area contributed by atoms with E-state index in [0.717, 1.165) is 24.0 Å². The zero-order valence-corrected chi connectivity index (χ0v) is 8.70. The number of fused-ring (bicyclic) bond motifs is 1. The van der Waals surface area contributed by atoms with Gasteiger partial charge in [0.25, 0.3) is 0 Å². The third-order valence-corrected chi connectivity index (χ3v) is 2.29. The smallest absolute Gasteiger partial charge is 0.142 e. The molecule has 0 aliphatic carbocycles. The topological polar surface area (TPSA) is 63.8 Å². The molecule has 1 aromatic heterocycles. The first kappa shape index (κ1) is 9.86. The van der Waals surface area contributed by atoms with Crippen molar-refractivity contribution in [3.63, 3.8) is 0 Å². The van der Waals surface area contributed by atoms with Gasteiger partial charge in [-0.05, 0) is 37.7 Å². The Hall–Kier alpha value is -1.68. The van der Waals surface area contributed by atoms with Crippen LogP contribution >= 0.6 is 0 Å². The molecule has 0 saturated carbocycles. The van der Waals surface area contributed by atoms with Crippen molar-refractivity contribution in [2.45, 2.75) is 6.42 Å². The number of nitrogens with zero attached hydrogens (tertiary/aromatic N) is 2. The number of aromatic nitrogens is 2. The minimum Gasteiger partial charge on any atom is -0.382 e. The summed E-state index contributed by atoms with van der Waals surface area (Å²) in [4.78, 5) is 8.44. The Morgan fingerprint density at radius 2 is 2.20 bits per heavy atom. The monoisotopic (exact) mass is 202 g/mol. The summed E-state index contributed by atoms with van der Waals surface area (Å²) in [6.45, 7) is 0.966. The van der Waals surface area contributed by atoms with Crippen molar-refractivity contribution in [1.82, 2.24) is 15.3 Å². The molecule has 4 heteroatoms. The van der Waals surface area contributed by atoms with Gasteiger partial charge in [0.15, 0.2) is 0 Å². The van der Waals surface area contributed by atoms with E-state index in [-0.39, 0.29) is 0 Å². The van der Waals surface area contributed by atoms with E-state index < -0.39 is 0 Å². The van der Waals surface area contributed by atoms with Gasteiger partial charge in [-0.3, -0.25) is 4.98 Å². The maximum Gasteiger partial charge on any atom is 0.142 e. The number of likely N-dealkylation sites (N-methyl/N-ethyl adjacent to an activating group) is 1. The summed E-state index contributed by atoms with van der Waals surface area (Å²) in [5, 5.41) is 3.12. The summed E-state index contributed by atoms with van der Waals surface area (Å²) in [5.41, 5.74) is 8.57. The van der Waals surface area contributed by atoms with E-state index in [1.807, 2.05) is 13.1 Å². The average Bonchev–Trinajstić information content (AvgIpc) is 2.26. The summed E-state index contributed by atoms with van der Waals surface area (Å²) >= 11 is 0. The van der Waals surface area contributed by atoms with E-state index in [2.05, 4.69) is 27.4 Å². The summed E-state index contributed by atoms with van der Waals surface area (Å²) in [5.74, 6) is 0.463. The SMILES string of the molecule is CNCCc1ccc2nc(N)cnc2c1. The molecule has 1 heterocycles. The van der Waals surface area contributed by atoms with E-state index in [9.17, 15) is 0 Å². The number of benzene rings is 1. The lowest BCUT2D eigenvalue weighted by Crippen LogP contribution is -2.10. The highest BCUT2D eigenvalue weighted by atomic mass is 14.9. The maximum absolute atomic E-state index is 5.56. The Balaban J connectivity index is 2.34. The second kappa shape index (κ2) is 4.23. The van der Waals surface area contributed by atoms with Crippen LogP contribution in [0.15, 0.2) is 24.4 Å². The van der Waals surface area contributed by atoms with Crippen LogP contribution in [-0.2, 0) is 6.42 Å². The molecule has 0 fully saturated rings. The normalized spacial score (nSPS) is 10.7. The molecule has 0 bridgehead atoms. The van der Waals surface area contributed by atoms with Gasteiger partial charge in [-0.15, -0.1) is 0 Å². The first-order valence-electron chi connectivity index (χ1n) is 4.95. The van der Waals surface area contributed by atoms with E-state index in [1.165, 1.54) is 5.56 Å². The number of nitrogen functional groups attached to an aromatic ring is 1. The second-order valence-corrected chi connectivity index (χ2v) is 3.47. The number of hydrogen-bond acceptors (Lipinski definition) is 4. The number of nitrogens with two attached hydrogens (primary N) is 1. The highest BCUT2D eigenvalue weighted by molar-refractivity contribution is 5.75. The molecule has 0 saturated heterocycles. The molecule has 15 heavy (non-hydrogen) atoms. The molecule has 0 spiro atoms. The van der Waals surface area contributed by atoms with Gasteiger partial charge in [0.2, 0.25) is 0 Å². The van der Waals surface area contributed by atoms with Gasteiger partial charge in [-0.2, -0.15) is 0 Å². The maximum atomic E-state index is 5.56. The van der Waals surface area contributed by atoms with Crippen molar-refractivity contribution in [2.75, 3.05) is 19.3 Å². The predicted molar refractivity (Wildman–Crippen MR) is 61.6 cm³/mol. The summed E-state index contributed by atoms with van der Waals surface area (Å²) in [6.07, 6.45) is 2.59. The van der Waals surface area contributed by atoms with E-state index >= 15 is 0 Å². The van der Waals surface area contributed by atoms with E-state index in [4.69, 9.17) is 5.73 Å². The van der Waals surface area contributed by atoms with Crippen LogP contribution in [0.5, 0.6) is 0 Å². The van der Waals surface area contributed by atoms with Crippen LogP contribution in [0, 0.1) is 0 Å². The van der Waals surface area contributed by atoms with Crippen LogP contribution in [-0.4, -0.2) is 23.6 Å². The lowest BCUT2D eigenvalue weighted by Gasteiger charge is -2.02.